The van der Waals surface area contributed by atoms with E-state index in [0.29, 0.717) is 18.0 Å². The van der Waals surface area contributed by atoms with Crippen LogP contribution in [0.2, 0.25) is 0 Å². The number of carbonyl (C=O) groups is 1. The molecule has 0 radical (unpaired) electrons. The van der Waals surface area contributed by atoms with E-state index in [1.165, 1.54) is 38.3 Å². The highest BCUT2D eigenvalue weighted by Gasteiger charge is 2.32. The molecule has 2 rings (SSSR count). The summed E-state index contributed by atoms with van der Waals surface area (Å²) in [6.07, 6.45) is -5.55. The van der Waals surface area contributed by atoms with Gasteiger partial charge in [-0.25, -0.2) is 14.2 Å². The molecule has 1 aromatic carbocycles. The molecule has 2 aromatic rings. The van der Waals surface area contributed by atoms with Crippen LogP contribution in [0.5, 0.6) is 17.4 Å². The molecule has 0 saturated carbocycles. The Hall–Kier alpha value is -2.88. The second-order valence-corrected chi connectivity index (χ2v) is 6.05. The summed E-state index contributed by atoms with van der Waals surface area (Å²) in [7, 11) is 1.49. The van der Waals surface area contributed by atoms with Gasteiger partial charge in [0.1, 0.15) is 17.6 Å². The highest BCUT2D eigenvalue weighted by molar-refractivity contribution is 5.74. The predicted octanol–water partition coefficient (Wildman–Crippen LogP) is 4.38. The van der Waals surface area contributed by atoms with Crippen LogP contribution in [-0.4, -0.2) is 36.9 Å². The number of benzene rings is 1. The summed E-state index contributed by atoms with van der Waals surface area (Å²) in [4.78, 5) is 15.3. The Labute approximate surface area is 164 Å². The molecule has 0 saturated heterocycles. The van der Waals surface area contributed by atoms with E-state index in [4.69, 9.17) is 18.9 Å². The number of esters is 1. The smallest absolute Gasteiger partial charge is 0.417 e. The van der Waals surface area contributed by atoms with Crippen LogP contribution in [0.4, 0.5) is 17.6 Å². The van der Waals surface area contributed by atoms with Gasteiger partial charge in [0.05, 0.1) is 12.2 Å². The summed E-state index contributed by atoms with van der Waals surface area (Å²) >= 11 is 0. The number of hydrogen-bond donors (Lipinski definition) is 0. The van der Waals surface area contributed by atoms with Crippen molar-refractivity contribution in [2.24, 2.45) is 0 Å². The molecule has 0 spiro atoms. The summed E-state index contributed by atoms with van der Waals surface area (Å²) in [5, 5.41) is 0. The monoisotopic (exact) mass is 417 g/mol. The van der Waals surface area contributed by atoms with Gasteiger partial charge >= 0.3 is 12.1 Å². The molecule has 1 heterocycles. The molecule has 2 atom stereocenters. The Balaban J connectivity index is 1.97. The zero-order chi connectivity index (χ0) is 21.6. The standard InChI is InChI=1S/C19H19F4NO5/c1-11(10-26-3)27-18(25)12(2)28-14-4-6-15(7-5-14)29-17-16(20)8-13(9-24-17)19(21,22)23/h4-9,11-12H,10H2,1-3H3. The third kappa shape index (κ3) is 6.60. The van der Waals surface area contributed by atoms with Gasteiger partial charge in [-0.3, -0.25) is 0 Å². The minimum atomic E-state index is -4.70. The molecule has 29 heavy (non-hydrogen) atoms. The Bertz CT molecular complexity index is 826. The zero-order valence-electron chi connectivity index (χ0n) is 15.8. The molecule has 6 nitrogen and oxygen atoms in total. The molecule has 0 amide bonds. The minimum absolute atomic E-state index is 0.118. The van der Waals surface area contributed by atoms with E-state index in [1.54, 1.807) is 6.92 Å². The number of alkyl halides is 3. The van der Waals surface area contributed by atoms with E-state index < -0.39 is 41.6 Å². The summed E-state index contributed by atoms with van der Waals surface area (Å²) in [5.41, 5.74) is -1.22. The largest absolute Gasteiger partial charge is 0.479 e. The molecule has 158 valence electrons. The average molecular weight is 417 g/mol. The van der Waals surface area contributed by atoms with Gasteiger partial charge in [0.2, 0.25) is 0 Å². The minimum Gasteiger partial charge on any atom is -0.479 e. The number of halogens is 4. The zero-order valence-corrected chi connectivity index (χ0v) is 15.8. The molecule has 0 aliphatic carbocycles. The fraction of sp³-hybridized carbons (Fsp3) is 0.368. The van der Waals surface area contributed by atoms with Crippen molar-refractivity contribution in [2.75, 3.05) is 13.7 Å². The van der Waals surface area contributed by atoms with Crippen LogP contribution >= 0.6 is 0 Å². The van der Waals surface area contributed by atoms with E-state index in [0.717, 1.165) is 0 Å². The van der Waals surface area contributed by atoms with Crippen LogP contribution in [0.1, 0.15) is 19.4 Å². The van der Waals surface area contributed by atoms with Gasteiger partial charge in [0, 0.05) is 13.3 Å². The summed E-state index contributed by atoms with van der Waals surface area (Å²) in [6.45, 7) is 3.43. The van der Waals surface area contributed by atoms with Crippen molar-refractivity contribution >= 4 is 5.97 Å². The Morgan fingerprint density at radius 1 is 1.14 bits per heavy atom. The maximum absolute atomic E-state index is 13.8. The lowest BCUT2D eigenvalue weighted by atomic mass is 10.2. The lowest BCUT2D eigenvalue weighted by molar-refractivity contribution is -0.158. The quantitative estimate of drug-likeness (QED) is 0.469. The van der Waals surface area contributed by atoms with Gasteiger partial charge in [0.25, 0.3) is 5.88 Å². The van der Waals surface area contributed by atoms with Crippen molar-refractivity contribution < 1.29 is 41.3 Å². The number of pyridine rings is 1. The summed E-state index contributed by atoms with van der Waals surface area (Å²) < 4.78 is 72.0. The first kappa shape index (κ1) is 22.4. The summed E-state index contributed by atoms with van der Waals surface area (Å²) in [5.74, 6) is -2.00. The highest BCUT2D eigenvalue weighted by Crippen LogP contribution is 2.32. The van der Waals surface area contributed by atoms with Gasteiger partial charge in [-0.1, -0.05) is 0 Å². The second kappa shape index (κ2) is 9.55. The number of carbonyl (C=O) groups excluding carboxylic acids is 1. The maximum Gasteiger partial charge on any atom is 0.417 e. The Morgan fingerprint density at radius 2 is 1.76 bits per heavy atom. The molecule has 10 heteroatoms. The molecule has 0 fully saturated rings. The highest BCUT2D eigenvalue weighted by atomic mass is 19.4. The molecule has 1 aromatic heterocycles. The molecular formula is C19H19F4NO5. The van der Waals surface area contributed by atoms with Crippen molar-refractivity contribution in [1.82, 2.24) is 4.98 Å². The number of rotatable bonds is 8. The molecule has 0 aliphatic rings. The van der Waals surface area contributed by atoms with Crippen LogP contribution in [0, 0.1) is 5.82 Å². The van der Waals surface area contributed by atoms with E-state index in [2.05, 4.69) is 4.98 Å². The third-order valence-electron chi connectivity index (χ3n) is 3.54. The fourth-order valence-corrected chi connectivity index (χ4v) is 2.17. The first-order valence-electron chi connectivity index (χ1n) is 8.47. The molecular weight excluding hydrogens is 398 g/mol. The van der Waals surface area contributed by atoms with Crippen LogP contribution in [0.3, 0.4) is 0 Å². The van der Waals surface area contributed by atoms with Gasteiger partial charge in [-0.05, 0) is 44.2 Å². The van der Waals surface area contributed by atoms with Gasteiger partial charge < -0.3 is 18.9 Å². The van der Waals surface area contributed by atoms with Crippen molar-refractivity contribution in [1.29, 1.82) is 0 Å². The van der Waals surface area contributed by atoms with Crippen molar-refractivity contribution in [3.8, 4) is 17.4 Å². The topological polar surface area (TPSA) is 66.9 Å². The van der Waals surface area contributed by atoms with Gasteiger partial charge in [-0.15, -0.1) is 0 Å². The van der Waals surface area contributed by atoms with Crippen molar-refractivity contribution in [3.63, 3.8) is 0 Å². The number of ether oxygens (including phenoxy) is 4. The van der Waals surface area contributed by atoms with E-state index >= 15 is 0 Å². The maximum atomic E-state index is 13.8. The Morgan fingerprint density at radius 3 is 2.31 bits per heavy atom. The van der Waals surface area contributed by atoms with E-state index in [-0.39, 0.29) is 12.4 Å². The predicted molar refractivity (Wildman–Crippen MR) is 93.2 cm³/mol. The van der Waals surface area contributed by atoms with Crippen molar-refractivity contribution in [3.05, 3.63) is 47.9 Å². The van der Waals surface area contributed by atoms with E-state index in [1.807, 2.05) is 0 Å². The van der Waals surface area contributed by atoms with Crippen LogP contribution < -0.4 is 9.47 Å². The number of aromatic nitrogens is 1. The first-order chi connectivity index (χ1) is 13.6. The lowest BCUT2D eigenvalue weighted by Crippen LogP contribution is -2.30. The molecule has 0 aliphatic heterocycles. The second-order valence-electron chi connectivity index (χ2n) is 6.05. The molecule has 0 N–H and O–H groups in total. The first-order valence-corrected chi connectivity index (χ1v) is 8.47. The van der Waals surface area contributed by atoms with Gasteiger partial charge in [-0.2, -0.15) is 13.2 Å². The van der Waals surface area contributed by atoms with Crippen LogP contribution in [0.15, 0.2) is 36.5 Å². The Kier molecular flexibility index (Phi) is 7.38. The molecule has 2 unspecified atom stereocenters. The number of methoxy groups -OCH3 is 1. The average Bonchev–Trinajstić information content (AvgIpc) is 2.64. The van der Waals surface area contributed by atoms with Crippen LogP contribution in [-0.2, 0) is 20.4 Å². The lowest BCUT2D eigenvalue weighted by Gasteiger charge is -2.17. The van der Waals surface area contributed by atoms with Crippen molar-refractivity contribution in [2.45, 2.75) is 32.2 Å². The number of hydrogen-bond acceptors (Lipinski definition) is 6. The summed E-state index contributed by atoms with van der Waals surface area (Å²) in [6, 6.07) is 5.97. The SMILES string of the molecule is COCC(C)OC(=O)C(C)Oc1ccc(Oc2ncc(C(F)(F)F)cc2F)cc1. The number of nitrogens with zero attached hydrogens (tertiary/aromatic N) is 1. The normalized spacial score (nSPS) is 13.5. The fourth-order valence-electron chi connectivity index (χ4n) is 2.17. The van der Waals surface area contributed by atoms with E-state index in [9.17, 15) is 22.4 Å². The third-order valence-corrected chi connectivity index (χ3v) is 3.54. The van der Waals surface area contributed by atoms with Gasteiger partial charge in [0.15, 0.2) is 11.9 Å². The van der Waals surface area contributed by atoms with Crippen LogP contribution in [0.25, 0.3) is 0 Å². The molecule has 0 bridgehead atoms.